The van der Waals surface area contributed by atoms with Crippen LogP contribution in [0, 0.1) is 26.6 Å². The Hall–Kier alpha value is -14.5. The minimum absolute atomic E-state index is 0. The highest BCUT2D eigenvalue weighted by molar-refractivity contribution is 5.91. The van der Waals surface area contributed by atoms with Crippen molar-refractivity contribution in [3.05, 3.63) is 236 Å². The zero-order valence-electron chi connectivity index (χ0n) is 65.5. The predicted molar refractivity (Wildman–Crippen MR) is 450 cm³/mol. The van der Waals surface area contributed by atoms with Crippen LogP contribution < -0.4 is 49.0 Å². The summed E-state index contributed by atoms with van der Waals surface area (Å²) >= 11 is 0. The standard InChI is InChI=1S/C28H28FN11O2.C28H29N11O2.C24H27N11O.CH4/c1-18-33-34-26(42-18)20-7-8-22(29)23(15-20)37-12-9-36(10-13-37)11-14-38-24-21(16-31-38)25-35-39(17-19-5-3-2-4-6-19)28(41)40(25)27(30)32-24;1-19-32-33-26(41-19)21-8-5-9-22(16-21)36-13-10-35(11-14-36)12-15-37-24-23(17-30-37)25-34-38(18-20-6-3-2-4-7-20)28(40)39(25)27(29)31-24;1-17-3-2-4-18(13-17)16-34-24(36)35-22(30-34)19-14-28-33(21(19)29-23(35)25)12-9-31-7-10-32(11-8-31)20-15-26-5-6-27-20;/h2-8,15-16H,9-14,17H2,1H3,(H2,30,32);2-9,16-17H,10-15,18H2,1H3,(H2,29,31);2-6,13-15H,7-12,16H2,1H3,(H2,25,29);1H4. The highest BCUT2D eigenvalue weighted by Gasteiger charge is 2.27. The molecule has 3 aliphatic rings. The number of piperazine rings is 3. The maximum atomic E-state index is 14.8. The first kappa shape index (κ1) is 78.1. The molecule has 6 N–H and O–H groups in total. The first-order valence-electron chi connectivity index (χ1n) is 39.2. The molecule has 0 aliphatic carbocycles. The third-order valence-corrected chi connectivity index (χ3v) is 21.7. The predicted octanol–water partition coefficient (Wildman–Crippen LogP) is 5.67. The van der Waals surface area contributed by atoms with Gasteiger partial charge >= 0.3 is 17.1 Å². The fourth-order valence-electron chi connectivity index (χ4n) is 15.5. The summed E-state index contributed by atoms with van der Waals surface area (Å²) in [6, 6.07) is 40.4. The quantitative estimate of drug-likeness (QED) is 0.0827. The van der Waals surface area contributed by atoms with Gasteiger partial charge < -0.3 is 40.7 Å². The van der Waals surface area contributed by atoms with Crippen molar-refractivity contribution in [1.82, 2.24) is 132 Å². The van der Waals surface area contributed by atoms with Crippen molar-refractivity contribution in [3.63, 3.8) is 0 Å². The van der Waals surface area contributed by atoms with Gasteiger partial charge in [0.05, 0.1) is 85.9 Å². The molecule has 39 heteroatoms. The van der Waals surface area contributed by atoms with Gasteiger partial charge in [0.15, 0.2) is 33.9 Å². The number of benzene rings is 5. The average Bonchev–Trinajstić information content (AvgIpc) is 1.60. The topological polar surface area (TPSA) is 411 Å². The van der Waals surface area contributed by atoms with Crippen LogP contribution >= 0.6 is 0 Å². The van der Waals surface area contributed by atoms with Crippen LogP contribution in [-0.2, 0) is 39.3 Å². The lowest BCUT2D eigenvalue weighted by molar-refractivity contribution is 0.245. The molecule has 3 saturated heterocycles. The summed E-state index contributed by atoms with van der Waals surface area (Å²) in [5.41, 5.74) is 28.2. The molecule has 614 valence electrons. The molecule has 0 spiro atoms. The Kier molecular flexibility index (Phi) is 21.9. The van der Waals surface area contributed by atoms with Crippen LogP contribution in [-0.4, -0.2) is 230 Å². The Morgan fingerprint density at radius 1 is 0.400 bits per heavy atom. The first-order chi connectivity index (χ1) is 58.0. The van der Waals surface area contributed by atoms with Crippen molar-refractivity contribution >= 4 is 85.1 Å². The number of aryl methyl sites for hydroxylation is 3. The van der Waals surface area contributed by atoms with Crippen molar-refractivity contribution in [3.8, 4) is 22.9 Å². The molecule has 3 fully saturated rings. The highest BCUT2D eigenvalue weighted by atomic mass is 19.1. The van der Waals surface area contributed by atoms with Crippen molar-refractivity contribution in [2.24, 2.45) is 0 Å². The molecular weight excluding hydrogens is 1530 g/mol. The van der Waals surface area contributed by atoms with Crippen LogP contribution in [0.3, 0.4) is 0 Å². The number of nitrogens with zero attached hydrogens (tertiary/aromatic N) is 30. The summed E-state index contributed by atoms with van der Waals surface area (Å²) in [6.07, 6.45) is 10.3. The van der Waals surface area contributed by atoms with Crippen LogP contribution in [0.5, 0.6) is 0 Å². The molecule has 0 unspecified atom stereocenters. The second-order valence-electron chi connectivity index (χ2n) is 29.5. The van der Waals surface area contributed by atoms with E-state index in [2.05, 4.69) is 113 Å². The average molecular weight is 1620 g/mol. The summed E-state index contributed by atoms with van der Waals surface area (Å²) in [4.78, 5) is 75.0. The molecule has 3 aliphatic heterocycles. The number of fused-ring (bicyclic) bond motifs is 9. The summed E-state index contributed by atoms with van der Waals surface area (Å²) in [7, 11) is 0. The molecule has 0 amide bonds. The Labute approximate surface area is 683 Å². The van der Waals surface area contributed by atoms with Gasteiger partial charge in [0, 0.05) is 141 Å². The minimum Gasteiger partial charge on any atom is -0.421 e. The van der Waals surface area contributed by atoms with Crippen LogP contribution in [0.15, 0.2) is 188 Å². The Morgan fingerprint density at radius 2 is 0.825 bits per heavy atom. The van der Waals surface area contributed by atoms with Crippen LogP contribution in [0.25, 0.3) is 73.0 Å². The van der Waals surface area contributed by atoms with Gasteiger partial charge in [-0.05, 0) is 60.0 Å². The molecule has 38 nitrogen and oxygen atoms in total. The van der Waals surface area contributed by atoms with E-state index in [0.29, 0.717) is 137 Å². The van der Waals surface area contributed by atoms with E-state index in [9.17, 15) is 18.8 Å². The van der Waals surface area contributed by atoms with E-state index in [1.54, 1.807) is 67.8 Å². The van der Waals surface area contributed by atoms with Crippen molar-refractivity contribution in [2.45, 2.75) is 67.5 Å². The molecule has 5 aromatic carbocycles. The number of hydrogen-bond donors (Lipinski definition) is 3. The molecule has 15 heterocycles. The molecule has 20 rings (SSSR count). The van der Waals surface area contributed by atoms with Gasteiger partial charge in [-0.2, -0.15) is 30.2 Å². The number of rotatable bonds is 20. The zero-order chi connectivity index (χ0) is 81.4. The Balaban J connectivity index is 0.000000128. The number of nitrogens with two attached hydrogens (primary N) is 3. The van der Waals surface area contributed by atoms with E-state index in [1.807, 2.05) is 118 Å². The summed E-state index contributed by atoms with van der Waals surface area (Å²) in [5.74, 6) is 2.83. The molecule has 0 bridgehead atoms. The number of halogens is 1. The molecule has 17 aromatic rings. The van der Waals surface area contributed by atoms with Crippen molar-refractivity contribution < 1.29 is 13.2 Å². The van der Waals surface area contributed by atoms with Gasteiger partial charge in [-0.15, -0.1) is 35.7 Å². The van der Waals surface area contributed by atoms with E-state index in [-0.39, 0.29) is 48.2 Å². The fourth-order valence-corrected chi connectivity index (χ4v) is 15.5. The van der Waals surface area contributed by atoms with Gasteiger partial charge in [0.1, 0.15) is 11.6 Å². The Morgan fingerprint density at radius 3 is 1.26 bits per heavy atom. The molecule has 12 aromatic heterocycles. The third kappa shape index (κ3) is 16.0. The van der Waals surface area contributed by atoms with E-state index in [4.69, 9.17) is 26.0 Å². The zero-order valence-corrected chi connectivity index (χ0v) is 65.5. The van der Waals surface area contributed by atoms with E-state index in [0.717, 1.165) is 124 Å². The molecular formula is C81H88FN33O5. The molecule has 120 heavy (non-hydrogen) atoms. The lowest BCUT2D eigenvalue weighted by Gasteiger charge is -2.36. The van der Waals surface area contributed by atoms with Gasteiger partial charge in [-0.25, -0.2) is 65.1 Å². The second-order valence-corrected chi connectivity index (χ2v) is 29.5. The fraction of sp³-hybridized carbons (Fsp3) is 0.309. The largest absolute Gasteiger partial charge is 0.421 e. The second kappa shape index (κ2) is 33.6. The van der Waals surface area contributed by atoms with Gasteiger partial charge in [-0.3, -0.25) is 19.7 Å². The number of nitrogen functional groups attached to an aromatic ring is 3. The number of aromatic nitrogens is 24. The van der Waals surface area contributed by atoms with Gasteiger partial charge in [-0.1, -0.05) is 104 Å². The van der Waals surface area contributed by atoms with Crippen molar-refractivity contribution in [2.75, 3.05) is 130 Å². The third-order valence-electron chi connectivity index (χ3n) is 21.7. The van der Waals surface area contributed by atoms with E-state index < -0.39 is 0 Å². The lowest BCUT2D eigenvalue weighted by Crippen LogP contribution is -2.47. The maximum Gasteiger partial charge on any atom is 0.353 e. The molecule has 0 radical (unpaired) electrons. The maximum absolute atomic E-state index is 14.8. The van der Waals surface area contributed by atoms with Crippen LogP contribution in [0.4, 0.5) is 39.4 Å². The smallest absolute Gasteiger partial charge is 0.353 e. The van der Waals surface area contributed by atoms with Crippen LogP contribution in [0.1, 0.15) is 41.5 Å². The summed E-state index contributed by atoms with van der Waals surface area (Å²) in [6.45, 7) is 20.9. The normalized spacial score (nSPS) is 14.4. The molecule has 0 saturated carbocycles. The van der Waals surface area contributed by atoms with Crippen molar-refractivity contribution in [1.29, 1.82) is 0 Å². The highest BCUT2D eigenvalue weighted by Crippen LogP contribution is 2.30. The monoisotopic (exact) mass is 1620 g/mol. The minimum atomic E-state index is -0.347. The molecule has 0 atom stereocenters. The number of anilines is 6. The Bertz CT molecular complexity index is 6690. The number of hydrogen-bond acceptors (Lipinski definition) is 29. The lowest BCUT2D eigenvalue weighted by atomic mass is 10.1. The van der Waals surface area contributed by atoms with Gasteiger partial charge in [0.2, 0.25) is 41.4 Å². The van der Waals surface area contributed by atoms with E-state index >= 15 is 0 Å². The summed E-state index contributed by atoms with van der Waals surface area (Å²) < 4.78 is 39.6. The first-order valence-corrected chi connectivity index (χ1v) is 39.2. The summed E-state index contributed by atoms with van der Waals surface area (Å²) in [5, 5.41) is 45.5. The van der Waals surface area contributed by atoms with Gasteiger partial charge in [0.25, 0.3) is 0 Å². The van der Waals surface area contributed by atoms with E-state index in [1.165, 1.54) is 33.3 Å². The van der Waals surface area contributed by atoms with Crippen LogP contribution in [0.2, 0.25) is 0 Å². The SMILES string of the molecule is C.Cc1cccc(Cn2nc3c4cnn(CCN5CCN(c6cnccn6)CC5)c4nc(N)n3c2=O)c1.Cc1nnc(-c2ccc(F)c(N3CCN(CCn4ncc5c4nc(N)n4c(=O)n(Cc6ccccc6)nc54)CC3)c2)o1.Cc1nnc(-c2cccc(N3CCN(CCn4ncc5c4nc(N)n4c(=O)n(Cc6ccccc6)nc54)CC3)c2)o1.